The van der Waals surface area contributed by atoms with Crippen molar-refractivity contribution in [3.05, 3.63) is 83.4 Å². The Morgan fingerprint density at radius 1 is 0.941 bits per heavy atom. The summed E-state index contributed by atoms with van der Waals surface area (Å²) in [6.45, 7) is 6.48. The summed E-state index contributed by atoms with van der Waals surface area (Å²) >= 11 is 0. The number of carbonyl (C=O) groups is 2. The number of ether oxygens (including phenoxy) is 1. The second-order valence-electron chi connectivity index (χ2n) is 8.72. The molecule has 0 aliphatic carbocycles. The first-order chi connectivity index (χ1) is 16.3. The number of benzene rings is 3. The quantitative estimate of drug-likeness (QED) is 0.529. The Bertz CT molecular complexity index is 1190. The van der Waals surface area contributed by atoms with Gasteiger partial charge in [0.15, 0.2) is 0 Å². The van der Waals surface area contributed by atoms with Crippen LogP contribution in [-0.2, 0) is 9.59 Å². The Kier molecular flexibility index (Phi) is 6.59. The zero-order valence-electron chi connectivity index (χ0n) is 20.4. The second-order valence-corrected chi connectivity index (χ2v) is 8.72. The Morgan fingerprint density at radius 3 is 2.24 bits per heavy atom. The highest BCUT2D eigenvalue weighted by Gasteiger charge is 2.42. The molecular formula is C28H31N3O3. The lowest BCUT2D eigenvalue weighted by molar-refractivity contribution is -0.128. The summed E-state index contributed by atoms with van der Waals surface area (Å²) in [5, 5.41) is 0. The van der Waals surface area contributed by atoms with Crippen molar-refractivity contribution in [3.8, 4) is 5.75 Å². The van der Waals surface area contributed by atoms with Crippen LogP contribution < -0.4 is 19.4 Å². The van der Waals surface area contributed by atoms with Crippen molar-refractivity contribution < 1.29 is 14.3 Å². The fourth-order valence-electron chi connectivity index (χ4n) is 4.33. The number of anilines is 3. The van der Waals surface area contributed by atoms with Gasteiger partial charge in [0.2, 0.25) is 5.91 Å². The van der Waals surface area contributed by atoms with E-state index in [2.05, 4.69) is 0 Å². The molecule has 1 unspecified atom stereocenters. The van der Waals surface area contributed by atoms with Gasteiger partial charge in [-0.1, -0.05) is 24.3 Å². The van der Waals surface area contributed by atoms with E-state index in [-0.39, 0.29) is 18.4 Å². The van der Waals surface area contributed by atoms with Gasteiger partial charge in [-0.3, -0.25) is 14.5 Å². The fraction of sp³-hybridized carbons (Fsp3) is 0.286. The van der Waals surface area contributed by atoms with E-state index in [1.54, 1.807) is 9.80 Å². The molecule has 0 aromatic heterocycles. The van der Waals surface area contributed by atoms with E-state index in [1.807, 2.05) is 106 Å². The molecule has 3 aromatic carbocycles. The molecular weight excluding hydrogens is 426 g/mol. The molecule has 3 aromatic rings. The van der Waals surface area contributed by atoms with Crippen LogP contribution in [0.25, 0.3) is 0 Å². The summed E-state index contributed by atoms with van der Waals surface area (Å²) < 4.78 is 5.56. The molecule has 4 rings (SSSR count). The number of hydrogen-bond donors (Lipinski definition) is 0. The van der Waals surface area contributed by atoms with Crippen molar-refractivity contribution in [2.24, 2.45) is 0 Å². The highest BCUT2D eigenvalue weighted by atomic mass is 16.5. The van der Waals surface area contributed by atoms with Gasteiger partial charge < -0.3 is 14.5 Å². The lowest BCUT2D eigenvalue weighted by Gasteiger charge is -2.41. The largest absolute Gasteiger partial charge is 0.494 e. The van der Waals surface area contributed by atoms with Gasteiger partial charge >= 0.3 is 0 Å². The number of nitrogens with zero attached hydrogens (tertiary/aromatic N) is 3. The molecule has 0 N–H and O–H groups in total. The van der Waals surface area contributed by atoms with Gasteiger partial charge in [0.25, 0.3) is 5.91 Å². The summed E-state index contributed by atoms with van der Waals surface area (Å²) in [5.74, 6) is 0.470. The summed E-state index contributed by atoms with van der Waals surface area (Å²) in [6.07, 6.45) is 0. The lowest BCUT2D eigenvalue weighted by atomic mass is 9.98. The van der Waals surface area contributed by atoms with Gasteiger partial charge in [0.1, 0.15) is 18.3 Å². The van der Waals surface area contributed by atoms with E-state index in [0.717, 1.165) is 33.8 Å². The van der Waals surface area contributed by atoms with Crippen LogP contribution in [0.2, 0.25) is 0 Å². The first kappa shape index (κ1) is 23.4. The molecule has 1 aliphatic heterocycles. The molecule has 1 saturated heterocycles. The number of amides is 2. The van der Waals surface area contributed by atoms with Crippen molar-refractivity contribution in [1.82, 2.24) is 0 Å². The van der Waals surface area contributed by atoms with Crippen molar-refractivity contribution in [3.63, 3.8) is 0 Å². The van der Waals surface area contributed by atoms with E-state index in [0.29, 0.717) is 12.3 Å². The van der Waals surface area contributed by atoms with E-state index in [1.165, 1.54) is 0 Å². The highest BCUT2D eigenvalue weighted by molar-refractivity contribution is 6.14. The Balaban J connectivity index is 1.80. The van der Waals surface area contributed by atoms with Gasteiger partial charge in [-0.05, 0) is 79.9 Å². The summed E-state index contributed by atoms with van der Waals surface area (Å²) in [7, 11) is 3.94. The maximum Gasteiger partial charge on any atom is 0.255 e. The molecule has 1 fully saturated rings. The number of carbonyl (C=O) groups excluding carboxylic acids is 2. The maximum atomic E-state index is 14.0. The molecule has 1 aliphatic rings. The minimum atomic E-state index is -0.768. The van der Waals surface area contributed by atoms with Crippen LogP contribution in [0.1, 0.15) is 29.7 Å². The maximum absolute atomic E-state index is 14.0. The van der Waals surface area contributed by atoms with E-state index >= 15 is 0 Å². The minimum absolute atomic E-state index is 0.0113. The third-order valence-corrected chi connectivity index (χ3v) is 6.34. The van der Waals surface area contributed by atoms with E-state index in [9.17, 15) is 9.59 Å². The second kappa shape index (κ2) is 9.59. The molecule has 176 valence electrons. The highest BCUT2D eigenvalue weighted by Crippen LogP contribution is 2.37. The van der Waals surface area contributed by atoms with Crippen LogP contribution in [0.15, 0.2) is 66.7 Å². The zero-order chi connectivity index (χ0) is 24.4. The fourth-order valence-corrected chi connectivity index (χ4v) is 4.33. The van der Waals surface area contributed by atoms with Crippen LogP contribution >= 0.6 is 0 Å². The number of piperazine rings is 1. The Morgan fingerprint density at radius 2 is 1.62 bits per heavy atom. The lowest BCUT2D eigenvalue weighted by Crippen LogP contribution is -2.56. The molecule has 6 nitrogen and oxygen atoms in total. The Hall–Kier alpha value is -3.80. The van der Waals surface area contributed by atoms with Crippen LogP contribution in [-0.4, -0.2) is 39.1 Å². The zero-order valence-corrected chi connectivity index (χ0v) is 20.4. The molecule has 34 heavy (non-hydrogen) atoms. The molecule has 0 radical (unpaired) electrons. The molecule has 0 saturated carbocycles. The van der Waals surface area contributed by atoms with Gasteiger partial charge in [0, 0.05) is 31.2 Å². The van der Waals surface area contributed by atoms with Gasteiger partial charge in [-0.15, -0.1) is 0 Å². The minimum Gasteiger partial charge on any atom is -0.494 e. The van der Waals surface area contributed by atoms with Crippen LogP contribution in [0.3, 0.4) is 0 Å². The topological polar surface area (TPSA) is 53.1 Å². The standard InChI is InChI=1S/C28H31N3O3/c1-6-34-24-16-14-23(15-17-24)31-26(32)18-30(25-9-7-8-19(2)20(25)3)28(33)27(31)21-10-12-22(13-11-21)29(4)5/h7-17,27H,6,18H2,1-5H3. The van der Waals surface area contributed by atoms with Crippen molar-refractivity contribution >= 4 is 28.9 Å². The number of rotatable bonds is 6. The van der Waals surface area contributed by atoms with Gasteiger partial charge in [-0.2, -0.15) is 0 Å². The Labute approximate surface area is 201 Å². The first-order valence-corrected chi connectivity index (χ1v) is 11.5. The first-order valence-electron chi connectivity index (χ1n) is 11.5. The number of hydrogen-bond acceptors (Lipinski definition) is 4. The summed E-state index contributed by atoms with van der Waals surface area (Å²) in [5.41, 5.74) is 5.33. The third-order valence-electron chi connectivity index (χ3n) is 6.34. The predicted octanol–water partition coefficient (Wildman–Crippen LogP) is 4.89. The van der Waals surface area contributed by atoms with E-state index < -0.39 is 6.04 Å². The SMILES string of the molecule is CCOc1ccc(N2C(=O)CN(c3cccc(C)c3C)C(=O)C2c2ccc(N(C)C)cc2)cc1. The molecule has 6 heteroatoms. The molecule has 1 heterocycles. The average molecular weight is 458 g/mol. The van der Waals surface area contributed by atoms with Gasteiger partial charge in [0.05, 0.1) is 6.61 Å². The average Bonchev–Trinajstić information content (AvgIpc) is 2.83. The predicted molar refractivity (Wildman–Crippen MR) is 137 cm³/mol. The monoisotopic (exact) mass is 457 g/mol. The van der Waals surface area contributed by atoms with E-state index in [4.69, 9.17) is 4.74 Å². The molecule has 1 atom stereocenters. The van der Waals surface area contributed by atoms with Crippen LogP contribution in [0.5, 0.6) is 5.75 Å². The normalized spacial score (nSPS) is 16.1. The smallest absolute Gasteiger partial charge is 0.255 e. The summed E-state index contributed by atoms with van der Waals surface area (Å²) in [4.78, 5) is 32.8. The summed E-state index contributed by atoms with van der Waals surface area (Å²) in [6, 6.07) is 20.2. The van der Waals surface area contributed by atoms with Crippen molar-refractivity contribution in [2.45, 2.75) is 26.8 Å². The van der Waals surface area contributed by atoms with Crippen molar-refractivity contribution in [1.29, 1.82) is 0 Å². The number of aryl methyl sites for hydroxylation is 1. The van der Waals surface area contributed by atoms with Crippen LogP contribution in [0, 0.1) is 13.8 Å². The molecule has 0 bridgehead atoms. The third kappa shape index (κ3) is 4.36. The molecule has 2 amide bonds. The van der Waals surface area contributed by atoms with Gasteiger partial charge in [-0.25, -0.2) is 0 Å². The van der Waals surface area contributed by atoms with Crippen LogP contribution in [0.4, 0.5) is 17.1 Å². The van der Waals surface area contributed by atoms with Crippen molar-refractivity contribution in [2.75, 3.05) is 41.9 Å². The molecule has 0 spiro atoms.